The largest absolute Gasteiger partial charge is 0.336 e. The topological polar surface area (TPSA) is 63.1 Å². The molecule has 1 N–H and O–H groups in total. The Balaban J connectivity index is 1.46. The molecule has 138 valence electrons. The van der Waals surface area contributed by atoms with Gasteiger partial charge >= 0.3 is 6.03 Å². The van der Waals surface area contributed by atoms with E-state index in [4.69, 9.17) is 4.98 Å². The highest BCUT2D eigenvalue weighted by Crippen LogP contribution is 2.25. The summed E-state index contributed by atoms with van der Waals surface area (Å²) in [6.45, 7) is 3.48. The molecule has 0 bridgehead atoms. The molecule has 0 spiro atoms. The molecule has 4 aromatic rings. The third-order valence-electron chi connectivity index (χ3n) is 5.08. The lowest BCUT2D eigenvalue weighted by molar-refractivity contribution is 0.252. The highest BCUT2D eigenvalue weighted by atomic mass is 16.2. The summed E-state index contributed by atoms with van der Waals surface area (Å²) in [5.41, 5.74) is 5.88. The van der Waals surface area contributed by atoms with Gasteiger partial charge in [0.1, 0.15) is 0 Å². The number of nitrogens with one attached hydrogen (secondary N) is 1. The second kappa shape index (κ2) is 6.49. The lowest BCUT2D eigenvalue weighted by atomic mass is 10.1. The molecule has 5 rings (SSSR count). The van der Waals surface area contributed by atoms with E-state index in [1.54, 1.807) is 4.90 Å². The third-order valence-corrected chi connectivity index (χ3v) is 5.08. The number of benzene rings is 2. The Labute approximate surface area is 162 Å². The zero-order valence-electron chi connectivity index (χ0n) is 15.5. The molecule has 0 radical (unpaired) electrons. The molecule has 2 amide bonds. The minimum absolute atomic E-state index is 0.0492. The quantitative estimate of drug-likeness (QED) is 0.595. The number of amides is 2. The van der Waals surface area contributed by atoms with Gasteiger partial charge in [0.15, 0.2) is 0 Å². The van der Waals surface area contributed by atoms with E-state index in [-0.39, 0.29) is 6.03 Å². The van der Waals surface area contributed by atoms with Crippen molar-refractivity contribution < 1.29 is 4.79 Å². The van der Waals surface area contributed by atoms with Crippen molar-refractivity contribution >= 4 is 22.6 Å². The van der Waals surface area contributed by atoms with Gasteiger partial charge < -0.3 is 5.32 Å². The van der Waals surface area contributed by atoms with Crippen LogP contribution in [-0.4, -0.2) is 33.9 Å². The fourth-order valence-corrected chi connectivity index (χ4v) is 3.60. The molecule has 0 atom stereocenters. The van der Waals surface area contributed by atoms with Gasteiger partial charge in [-0.2, -0.15) is 5.10 Å². The fourth-order valence-electron chi connectivity index (χ4n) is 3.60. The highest BCUT2D eigenvalue weighted by molar-refractivity contribution is 5.94. The predicted octanol–water partition coefficient (Wildman–Crippen LogP) is 3.93. The number of aromatic nitrogens is 3. The van der Waals surface area contributed by atoms with Crippen molar-refractivity contribution in [2.24, 2.45) is 0 Å². The molecule has 6 heteroatoms. The van der Waals surface area contributed by atoms with Crippen molar-refractivity contribution in [2.75, 3.05) is 18.0 Å². The maximum absolute atomic E-state index is 11.8. The van der Waals surface area contributed by atoms with Gasteiger partial charge in [0.05, 0.1) is 23.1 Å². The molecular formula is C22H19N5O. The number of carbonyl (C=O) groups is 1. The first-order chi connectivity index (χ1) is 13.7. The molecule has 2 aromatic carbocycles. The Bertz CT molecular complexity index is 1180. The number of pyridine rings is 1. The summed E-state index contributed by atoms with van der Waals surface area (Å²) in [5.74, 6) is 0. The van der Waals surface area contributed by atoms with E-state index < -0.39 is 0 Å². The van der Waals surface area contributed by atoms with E-state index in [2.05, 4.69) is 29.5 Å². The SMILES string of the molecule is Cc1cc(-c2cnn(-c3ccc(N4CCNC4=O)cc3)c2)nc2ccccc12. The molecule has 1 fully saturated rings. The highest BCUT2D eigenvalue weighted by Gasteiger charge is 2.20. The van der Waals surface area contributed by atoms with Gasteiger partial charge in [-0.15, -0.1) is 0 Å². The average Bonchev–Trinajstić information content (AvgIpc) is 3.37. The van der Waals surface area contributed by atoms with E-state index in [0.717, 1.165) is 28.1 Å². The van der Waals surface area contributed by atoms with Gasteiger partial charge in [0.2, 0.25) is 0 Å². The lowest BCUT2D eigenvalue weighted by Crippen LogP contribution is -2.27. The number of aryl methyl sites for hydroxylation is 1. The van der Waals surface area contributed by atoms with Crippen LogP contribution in [0.15, 0.2) is 67.0 Å². The number of rotatable bonds is 3. The van der Waals surface area contributed by atoms with Crippen molar-refractivity contribution in [1.82, 2.24) is 20.1 Å². The standard InChI is InChI=1S/C22H19N5O/c1-15-12-21(25-20-5-3-2-4-19(15)20)16-13-24-27(14-16)18-8-6-17(7-9-18)26-11-10-23-22(26)28/h2-9,12-14H,10-11H2,1H3,(H,23,28). The second-order valence-corrected chi connectivity index (χ2v) is 6.92. The normalized spacial score (nSPS) is 13.9. The summed E-state index contributed by atoms with van der Waals surface area (Å²) in [5, 5.41) is 8.48. The van der Waals surface area contributed by atoms with Gasteiger partial charge in [-0.05, 0) is 48.9 Å². The first-order valence-corrected chi connectivity index (χ1v) is 9.26. The van der Waals surface area contributed by atoms with Crippen molar-refractivity contribution in [2.45, 2.75) is 6.92 Å². The number of carbonyl (C=O) groups excluding carboxylic acids is 1. The van der Waals surface area contributed by atoms with Crippen molar-refractivity contribution in [3.8, 4) is 16.9 Å². The van der Waals surface area contributed by atoms with E-state index in [1.165, 1.54) is 10.9 Å². The number of nitrogens with zero attached hydrogens (tertiary/aromatic N) is 4. The van der Waals surface area contributed by atoms with Crippen LogP contribution in [0.4, 0.5) is 10.5 Å². The van der Waals surface area contributed by atoms with Crippen LogP contribution in [0.25, 0.3) is 27.8 Å². The summed E-state index contributed by atoms with van der Waals surface area (Å²) >= 11 is 0. The number of hydrogen-bond acceptors (Lipinski definition) is 3. The Morgan fingerprint density at radius 3 is 2.61 bits per heavy atom. The molecule has 1 aliphatic heterocycles. The zero-order chi connectivity index (χ0) is 19.1. The maximum atomic E-state index is 11.8. The van der Waals surface area contributed by atoms with Crippen LogP contribution >= 0.6 is 0 Å². The minimum Gasteiger partial charge on any atom is -0.336 e. The first kappa shape index (κ1) is 16.5. The van der Waals surface area contributed by atoms with Gasteiger partial charge in [-0.3, -0.25) is 4.90 Å². The minimum atomic E-state index is -0.0492. The molecule has 2 aromatic heterocycles. The van der Waals surface area contributed by atoms with Gasteiger partial charge in [-0.1, -0.05) is 18.2 Å². The molecule has 3 heterocycles. The molecule has 0 saturated carbocycles. The maximum Gasteiger partial charge on any atom is 0.321 e. The summed E-state index contributed by atoms with van der Waals surface area (Å²) in [4.78, 5) is 18.3. The van der Waals surface area contributed by atoms with Gasteiger partial charge in [-0.25, -0.2) is 14.5 Å². The van der Waals surface area contributed by atoms with E-state index in [1.807, 2.05) is 59.5 Å². The Morgan fingerprint density at radius 1 is 1.04 bits per heavy atom. The third kappa shape index (κ3) is 2.79. The van der Waals surface area contributed by atoms with E-state index >= 15 is 0 Å². The van der Waals surface area contributed by atoms with Crippen molar-refractivity contribution in [3.63, 3.8) is 0 Å². The lowest BCUT2D eigenvalue weighted by Gasteiger charge is -2.14. The van der Waals surface area contributed by atoms with Crippen molar-refractivity contribution in [1.29, 1.82) is 0 Å². The van der Waals surface area contributed by atoms with E-state index in [0.29, 0.717) is 13.1 Å². The monoisotopic (exact) mass is 369 g/mol. The van der Waals surface area contributed by atoms with Gasteiger partial charge in [0.25, 0.3) is 0 Å². The number of urea groups is 1. The summed E-state index contributed by atoms with van der Waals surface area (Å²) in [6.07, 6.45) is 3.81. The number of hydrogen-bond donors (Lipinski definition) is 1. The summed E-state index contributed by atoms with van der Waals surface area (Å²) < 4.78 is 1.83. The molecule has 0 unspecified atom stereocenters. The fraction of sp³-hybridized carbons (Fsp3) is 0.136. The van der Waals surface area contributed by atoms with E-state index in [9.17, 15) is 4.79 Å². The van der Waals surface area contributed by atoms with Crippen LogP contribution < -0.4 is 10.2 Å². The molecular weight excluding hydrogens is 350 g/mol. The molecule has 28 heavy (non-hydrogen) atoms. The predicted molar refractivity (Wildman–Crippen MR) is 110 cm³/mol. The van der Waals surface area contributed by atoms with Crippen LogP contribution in [0.5, 0.6) is 0 Å². The Kier molecular flexibility index (Phi) is 3.83. The molecule has 6 nitrogen and oxygen atoms in total. The first-order valence-electron chi connectivity index (χ1n) is 9.26. The van der Waals surface area contributed by atoms with Crippen LogP contribution in [0.1, 0.15) is 5.56 Å². The van der Waals surface area contributed by atoms with Crippen LogP contribution in [0.3, 0.4) is 0 Å². The molecule has 1 saturated heterocycles. The number of fused-ring (bicyclic) bond motifs is 1. The van der Waals surface area contributed by atoms with Crippen LogP contribution in [0, 0.1) is 6.92 Å². The van der Waals surface area contributed by atoms with Gasteiger partial charge in [0, 0.05) is 35.9 Å². The van der Waals surface area contributed by atoms with Crippen LogP contribution in [-0.2, 0) is 0 Å². The number of para-hydroxylation sites is 1. The summed E-state index contributed by atoms with van der Waals surface area (Å²) in [7, 11) is 0. The zero-order valence-corrected chi connectivity index (χ0v) is 15.5. The number of anilines is 1. The van der Waals surface area contributed by atoms with Crippen LogP contribution in [0.2, 0.25) is 0 Å². The second-order valence-electron chi connectivity index (χ2n) is 6.92. The average molecular weight is 369 g/mol. The smallest absolute Gasteiger partial charge is 0.321 e. The Morgan fingerprint density at radius 2 is 1.82 bits per heavy atom. The molecule has 1 aliphatic rings. The molecule has 0 aliphatic carbocycles. The van der Waals surface area contributed by atoms with Crippen molar-refractivity contribution in [3.05, 3.63) is 72.6 Å². The summed E-state index contributed by atoms with van der Waals surface area (Å²) in [6, 6.07) is 18.0. The Hall–Kier alpha value is -3.67.